The smallest absolute Gasteiger partial charge is 0.226 e. The predicted molar refractivity (Wildman–Crippen MR) is 87.1 cm³/mol. The summed E-state index contributed by atoms with van der Waals surface area (Å²) in [6, 6.07) is 14.0. The lowest BCUT2D eigenvalue weighted by molar-refractivity contribution is -0.116. The van der Waals surface area contributed by atoms with Crippen LogP contribution in [0.5, 0.6) is 0 Å². The number of pyridine rings is 1. The van der Waals surface area contributed by atoms with E-state index < -0.39 is 0 Å². The minimum atomic E-state index is 0.0111. The van der Waals surface area contributed by atoms with Gasteiger partial charge in [-0.25, -0.2) is 4.68 Å². The molecule has 5 nitrogen and oxygen atoms in total. The predicted octanol–water partition coefficient (Wildman–Crippen LogP) is 2.80. The van der Waals surface area contributed by atoms with Gasteiger partial charge in [-0.1, -0.05) is 36.4 Å². The summed E-state index contributed by atoms with van der Waals surface area (Å²) in [5, 5.41) is 7.45. The van der Waals surface area contributed by atoms with Crippen molar-refractivity contribution in [2.24, 2.45) is 0 Å². The first-order valence-electron chi connectivity index (χ1n) is 7.60. The topological polar surface area (TPSA) is 59.8 Å². The maximum atomic E-state index is 12.1. The number of carbonyl (C=O) groups is 1. The normalized spacial score (nSPS) is 16.7. The standard InChI is InChI=1S/C18H16N4O/c23-17-9-15(14-7-4-8-19-10-14)16-11-20-22(18(16)21-17)12-13-5-2-1-3-6-13/h1-8,10-11,15H,9,12H2,(H,21,23)/t15-/m1/s1. The molecule has 1 atom stereocenters. The van der Waals surface area contributed by atoms with Crippen LogP contribution in [-0.4, -0.2) is 20.7 Å². The molecule has 0 fully saturated rings. The Balaban J connectivity index is 1.71. The summed E-state index contributed by atoms with van der Waals surface area (Å²) in [6.07, 6.45) is 5.85. The van der Waals surface area contributed by atoms with Crippen LogP contribution in [0.1, 0.15) is 29.0 Å². The second-order valence-corrected chi connectivity index (χ2v) is 5.68. The third-order valence-electron chi connectivity index (χ3n) is 4.15. The maximum Gasteiger partial charge on any atom is 0.226 e. The van der Waals surface area contributed by atoms with E-state index >= 15 is 0 Å². The van der Waals surface area contributed by atoms with Crippen molar-refractivity contribution < 1.29 is 4.79 Å². The summed E-state index contributed by atoms with van der Waals surface area (Å²) >= 11 is 0. The molecule has 0 unspecified atom stereocenters. The van der Waals surface area contributed by atoms with Crippen LogP contribution in [0.3, 0.4) is 0 Å². The van der Waals surface area contributed by atoms with Crippen LogP contribution < -0.4 is 5.32 Å². The highest BCUT2D eigenvalue weighted by Crippen LogP contribution is 2.36. The second kappa shape index (κ2) is 5.68. The Morgan fingerprint density at radius 3 is 2.78 bits per heavy atom. The van der Waals surface area contributed by atoms with Crippen LogP contribution in [0.15, 0.2) is 61.1 Å². The van der Waals surface area contributed by atoms with Gasteiger partial charge in [0, 0.05) is 30.3 Å². The molecule has 3 aromatic rings. The molecule has 1 aliphatic rings. The highest BCUT2D eigenvalue weighted by atomic mass is 16.1. The fourth-order valence-corrected chi connectivity index (χ4v) is 3.03. The maximum absolute atomic E-state index is 12.1. The summed E-state index contributed by atoms with van der Waals surface area (Å²) in [7, 11) is 0. The van der Waals surface area contributed by atoms with Gasteiger partial charge in [-0.15, -0.1) is 0 Å². The summed E-state index contributed by atoms with van der Waals surface area (Å²) in [5.41, 5.74) is 3.24. The molecule has 1 aromatic carbocycles. The molecular weight excluding hydrogens is 288 g/mol. The van der Waals surface area contributed by atoms with Crippen LogP contribution in [-0.2, 0) is 11.3 Å². The molecule has 1 amide bonds. The molecule has 114 valence electrons. The zero-order valence-electron chi connectivity index (χ0n) is 12.5. The van der Waals surface area contributed by atoms with Crippen molar-refractivity contribution in [1.29, 1.82) is 0 Å². The van der Waals surface area contributed by atoms with Crippen molar-refractivity contribution in [3.63, 3.8) is 0 Å². The number of nitrogens with one attached hydrogen (secondary N) is 1. The van der Waals surface area contributed by atoms with E-state index in [0.29, 0.717) is 13.0 Å². The van der Waals surface area contributed by atoms with Gasteiger partial charge in [0.05, 0.1) is 12.7 Å². The van der Waals surface area contributed by atoms with Gasteiger partial charge in [-0.3, -0.25) is 9.78 Å². The van der Waals surface area contributed by atoms with Gasteiger partial charge in [0.2, 0.25) is 5.91 Å². The third kappa shape index (κ3) is 2.61. The second-order valence-electron chi connectivity index (χ2n) is 5.68. The van der Waals surface area contributed by atoms with E-state index in [0.717, 1.165) is 22.5 Å². The third-order valence-corrected chi connectivity index (χ3v) is 4.15. The first kappa shape index (κ1) is 13.7. The van der Waals surface area contributed by atoms with Gasteiger partial charge in [0.15, 0.2) is 0 Å². The number of fused-ring (bicyclic) bond motifs is 1. The molecule has 5 heteroatoms. The Hall–Kier alpha value is -2.95. The van der Waals surface area contributed by atoms with Gasteiger partial charge >= 0.3 is 0 Å². The molecule has 2 aromatic heterocycles. The number of amides is 1. The number of benzene rings is 1. The summed E-state index contributed by atoms with van der Waals surface area (Å²) in [5.74, 6) is 0.817. The monoisotopic (exact) mass is 304 g/mol. The molecule has 0 bridgehead atoms. The Bertz CT molecular complexity index is 827. The average molecular weight is 304 g/mol. The van der Waals surface area contributed by atoms with Crippen molar-refractivity contribution in [3.8, 4) is 0 Å². The van der Waals surface area contributed by atoms with E-state index in [4.69, 9.17) is 0 Å². The van der Waals surface area contributed by atoms with Crippen LogP contribution >= 0.6 is 0 Å². The number of carbonyl (C=O) groups excluding carboxylic acids is 1. The molecule has 0 saturated carbocycles. The fraction of sp³-hybridized carbons (Fsp3) is 0.167. The lowest BCUT2D eigenvalue weighted by Gasteiger charge is -2.23. The van der Waals surface area contributed by atoms with Crippen LogP contribution in [0.2, 0.25) is 0 Å². The summed E-state index contributed by atoms with van der Waals surface area (Å²) in [6.45, 7) is 0.635. The largest absolute Gasteiger partial charge is 0.311 e. The molecule has 0 spiro atoms. The first-order valence-corrected chi connectivity index (χ1v) is 7.60. The van der Waals surface area contributed by atoms with Crippen molar-refractivity contribution in [1.82, 2.24) is 14.8 Å². The van der Waals surface area contributed by atoms with Crippen molar-refractivity contribution in [2.75, 3.05) is 5.32 Å². The van der Waals surface area contributed by atoms with Gasteiger partial charge in [-0.2, -0.15) is 5.10 Å². The quantitative estimate of drug-likeness (QED) is 0.809. The lowest BCUT2D eigenvalue weighted by atomic mass is 9.88. The van der Waals surface area contributed by atoms with Crippen molar-refractivity contribution >= 4 is 11.7 Å². The van der Waals surface area contributed by atoms with E-state index in [9.17, 15) is 4.79 Å². The summed E-state index contributed by atoms with van der Waals surface area (Å²) in [4.78, 5) is 16.3. The van der Waals surface area contributed by atoms with Gasteiger partial charge in [0.25, 0.3) is 0 Å². The highest BCUT2D eigenvalue weighted by Gasteiger charge is 2.29. The average Bonchev–Trinajstić information content (AvgIpc) is 2.99. The molecular formula is C18H16N4O. The molecule has 1 aliphatic heterocycles. The number of aromatic nitrogens is 3. The highest BCUT2D eigenvalue weighted by molar-refractivity contribution is 5.94. The molecule has 0 saturated heterocycles. The molecule has 4 rings (SSSR count). The van der Waals surface area contributed by atoms with E-state index in [1.54, 1.807) is 6.20 Å². The minimum Gasteiger partial charge on any atom is -0.311 e. The molecule has 23 heavy (non-hydrogen) atoms. The lowest BCUT2D eigenvalue weighted by Crippen LogP contribution is -2.25. The van der Waals surface area contributed by atoms with Crippen LogP contribution in [0.4, 0.5) is 5.82 Å². The molecule has 1 N–H and O–H groups in total. The van der Waals surface area contributed by atoms with Crippen LogP contribution in [0, 0.1) is 0 Å². The minimum absolute atomic E-state index is 0.0111. The molecule has 0 aliphatic carbocycles. The van der Waals surface area contributed by atoms with Gasteiger partial charge in [0.1, 0.15) is 5.82 Å². The van der Waals surface area contributed by atoms with E-state index in [-0.39, 0.29) is 11.8 Å². The van der Waals surface area contributed by atoms with Gasteiger partial charge in [-0.05, 0) is 17.2 Å². The molecule has 3 heterocycles. The zero-order valence-corrected chi connectivity index (χ0v) is 12.5. The summed E-state index contributed by atoms with van der Waals surface area (Å²) < 4.78 is 1.85. The zero-order chi connectivity index (χ0) is 15.6. The number of hydrogen-bond acceptors (Lipinski definition) is 3. The molecule has 0 radical (unpaired) electrons. The number of anilines is 1. The van der Waals surface area contributed by atoms with E-state index in [2.05, 4.69) is 27.5 Å². The Kier molecular flexibility index (Phi) is 3.38. The Morgan fingerprint density at radius 2 is 2.00 bits per heavy atom. The van der Waals surface area contributed by atoms with Crippen LogP contribution in [0.25, 0.3) is 0 Å². The SMILES string of the molecule is O=C1C[C@H](c2cccnc2)c2cnn(Cc3ccccc3)c2N1. The number of rotatable bonds is 3. The van der Waals surface area contributed by atoms with Crippen molar-refractivity contribution in [2.45, 2.75) is 18.9 Å². The van der Waals surface area contributed by atoms with E-state index in [1.165, 1.54) is 0 Å². The number of nitrogens with zero attached hydrogens (tertiary/aromatic N) is 3. The van der Waals surface area contributed by atoms with E-state index in [1.807, 2.05) is 47.4 Å². The fourth-order valence-electron chi connectivity index (χ4n) is 3.03. The van der Waals surface area contributed by atoms with Crippen molar-refractivity contribution in [3.05, 3.63) is 77.7 Å². The Morgan fingerprint density at radius 1 is 1.13 bits per heavy atom. The number of hydrogen-bond donors (Lipinski definition) is 1. The first-order chi connectivity index (χ1) is 11.3. The van der Waals surface area contributed by atoms with Gasteiger partial charge < -0.3 is 5.32 Å². The Labute approximate surface area is 134 Å².